The molecule has 2 atom stereocenters. The van der Waals surface area contributed by atoms with Crippen molar-refractivity contribution in [3.8, 4) is 0 Å². The van der Waals surface area contributed by atoms with Gasteiger partial charge in [0.25, 0.3) is 0 Å². The molecule has 1 aliphatic heterocycles. The number of rotatable bonds is 4. The van der Waals surface area contributed by atoms with Gasteiger partial charge in [-0.05, 0) is 38.1 Å². The van der Waals surface area contributed by atoms with Crippen molar-refractivity contribution in [1.82, 2.24) is 5.32 Å². The second kappa shape index (κ2) is 6.36. The number of hydrogen-bond donors (Lipinski definition) is 2. The van der Waals surface area contributed by atoms with Crippen LogP contribution in [0.5, 0.6) is 0 Å². The van der Waals surface area contributed by atoms with E-state index in [1.165, 1.54) is 6.42 Å². The molecule has 0 bridgehead atoms. The highest BCUT2D eigenvalue weighted by Gasteiger charge is 2.30. The fourth-order valence-electron chi connectivity index (χ4n) is 3.00. The average Bonchev–Trinajstić information content (AvgIpc) is 2.38. The summed E-state index contributed by atoms with van der Waals surface area (Å²) in [5.74, 6) is -0.413. The molecule has 0 amide bonds. The van der Waals surface area contributed by atoms with Crippen molar-refractivity contribution >= 4 is 5.97 Å². The summed E-state index contributed by atoms with van der Waals surface area (Å²) in [7, 11) is 0. The Bertz CT molecular complexity index is 251. The number of hydrogen-bond acceptors (Lipinski definition) is 3. The number of carboxylic acids is 1. The van der Waals surface area contributed by atoms with Crippen LogP contribution in [0.25, 0.3) is 0 Å². The van der Waals surface area contributed by atoms with Crippen LogP contribution in [0.4, 0.5) is 0 Å². The lowest BCUT2D eigenvalue weighted by Crippen LogP contribution is -2.41. The van der Waals surface area contributed by atoms with Crippen molar-refractivity contribution in [3.05, 3.63) is 0 Å². The number of aliphatic carboxylic acids is 1. The van der Waals surface area contributed by atoms with Gasteiger partial charge in [0.2, 0.25) is 0 Å². The number of carboxylic acid groups (broad SMARTS) is 1. The van der Waals surface area contributed by atoms with Crippen molar-refractivity contribution < 1.29 is 14.6 Å². The van der Waals surface area contributed by atoms with Gasteiger partial charge >= 0.3 is 5.97 Å². The average molecular weight is 241 g/mol. The van der Waals surface area contributed by atoms with E-state index in [0.29, 0.717) is 12.0 Å². The highest BCUT2D eigenvalue weighted by molar-refractivity contribution is 5.70. The molecule has 0 aromatic carbocycles. The molecule has 4 heteroatoms. The second-order valence-electron chi connectivity index (χ2n) is 5.28. The van der Waals surface area contributed by atoms with E-state index in [0.717, 1.165) is 51.9 Å². The molecule has 0 aromatic rings. The molecule has 2 N–H and O–H groups in total. The Morgan fingerprint density at radius 3 is 2.59 bits per heavy atom. The maximum absolute atomic E-state index is 11.2. The maximum atomic E-state index is 11.2. The SMILES string of the molecule is O=C(O)C1CCCCC1CNC1CCOCC1. The minimum atomic E-state index is -0.608. The Morgan fingerprint density at radius 1 is 1.18 bits per heavy atom. The van der Waals surface area contributed by atoms with Crippen LogP contribution in [0.1, 0.15) is 38.5 Å². The van der Waals surface area contributed by atoms with Gasteiger partial charge in [-0.1, -0.05) is 12.8 Å². The molecule has 2 aliphatic rings. The summed E-state index contributed by atoms with van der Waals surface area (Å²) in [4.78, 5) is 11.2. The van der Waals surface area contributed by atoms with Crippen LogP contribution >= 0.6 is 0 Å². The third-order valence-electron chi connectivity index (χ3n) is 4.12. The van der Waals surface area contributed by atoms with E-state index in [2.05, 4.69) is 5.32 Å². The molecular formula is C13H23NO3. The first-order chi connectivity index (χ1) is 8.27. The first-order valence-electron chi connectivity index (χ1n) is 6.81. The van der Waals surface area contributed by atoms with Crippen LogP contribution in [0.3, 0.4) is 0 Å². The van der Waals surface area contributed by atoms with Crippen LogP contribution in [-0.2, 0) is 9.53 Å². The van der Waals surface area contributed by atoms with Gasteiger partial charge in [0.1, 0.15) is 0 Å². The molecule has 1 saturated carbocycles. The zero-order valence-electron chi connectivity index (χ0n) is 10.4. The van der Waals surface area contributed by atoms with Crippen LogP contribution in [-0.4, -0.2) is 36.9 Å². The topological polar surface area (TPSA) is 58.6 Å². The lowest BCUT2D eigenvalue weighted by Gasteiger charge is -2.31. The van der Waals surface area contributed by atoms with Crippen LogP contribution in [0, 0.1) is 11.8 Å². The van der Waals surface area contributed by atoms with Gasteiger partial charge in [0.05, 0.1) is 5.92 Å². The zero-order valence-corrected chi connectivity index (χ0v) is 10.4. The van der Waals surface area contributed by atoms with Crippen LogP contribution in [0.2, 0.25) is 0 Å². The van der Waals surface area contributed by atoms with Gasteiger partial charge in [-0.3, -0.25) is 4.79 Å². The molecule has 2 unspecified atom stereocenters. The van der Waals surface area contributed by atoms with Crippen LogP contribution < -0.4 is 5.32 Å². The summed E-state index contributed by atoms with van der Waals surface area (Å²) < 4.78 is 5.32. The van der Waals surface area contributed by atoms with Gasteiger partial charge in [-0.15, -0.1) is 0 Å². The van der Waals surface area contributed by atoms with E-state index in [1.54, 1.807) is 0 Å². The van der Waals surface area contributed by atoms with E-state index >= 15 is 0 Å². The Hall–Kier alpha value is -0.610. The molecule has 1 heterocycles. The van der Waals surface area contributed by atoms with E-state index in [4.69, 9.17) is 4.74 Å². The molecule has 98 valence electrons. The normalized spacial score (nSPS) is 31.3. The third-order valence-corrected chi connectivity index (χ3v) is 4.12. The third kappa shape index (κ3) is 3.68. The molecule has 4 nitrogen and oxygen atoms in total. The van der Waals surface area contributed by atoms with Crippen molar-refractivity contribution in [1.29, 1.82) is 0 Å². The minimum absolute atomic E-state index is 0.129. The molecule has 17 heavy (non-hydrogen) atoms. The summed E-state index contributed by atoms with van der Waals surface area (Å²) in [5.41, 5.74) is 0. The van der Waals surface area contributed by atoms with E-state index in [-0.39, 0.29) is 5.92 Å². The van der Waals surface area contributed by atoms with E-state index in [1.807, 2.05) is 0 Å². The standard InChI is InChI=1S/C13H23NO3/c15-13(16)12-4-2-1-3-10(12)9-14-11-5-7-17-8-6-11/h10-12,14H,1-9H2,(H,15,16). The predicted molar refractivity (Wildman–Crippen MR) is 64.9 cm³/mol. The van der Waals surface area contributed by atoms with Gasteiger partial charge < -0.3 is 15.2 Å². The number of carbonyl (C=O) groups is 1. The smallest absolute Gasteiger partial charge is 0.306 e. The Balaban J connectivity index is 1.77. The monoisotopic (exact) mass is 241 g/mol. The summed E-state index contributed by atoms with van der Waals surface area (Å²) >= 11 is 0. The summed E-state index contributed by atoms with van der Waals surface area (Å²) in [6, 6.07) is 0.528. The number of nitrogens with one attached hydrogen (secondary N) is 1. The fraction of sp³-hybridized carbons (Fsp3) is 0.923. The molecule has 1 aliphatic carbocycles. The largest absolute Gasteiger partial charge is 0.481 e. The Kier molecular flexibility index (Phi) is 4.80. The van der Waals surface area contributed by atoms with Gasteiger partial charge in [0, 0.05) is 19.3 Å². The first kappa shape index (κ1) is 12.8. The maximum Gasteiger partial charge on any atom is 0.306 e. The van der Waals surface area contributed by atoms with Gasteiger partial charge in [0.15, 0.2) is 0 Å². The Morgan fingerprint density at radius 2 is 1.88 bits per heavy atom. The second-order valence-corrected chi connectivity index (χ2v) is 5.28. The van der Waals surface area contributed by atoms with Crippen molar-refractivity contribution in [2.24, 2.45) is 11.8 Å². The molecule has 0 spiro atoms. The number of ether oxygens (including phenoxy) is 1. The van der Waals surface area contributed by atoms with Gasteiger partial charge in [-0.25, -0.2) is 0 Å². The summed E-state index contributed by atoms with van der Waals surface area (Å²) in [6.45, 7) is 2.54. The zero-order chi connectivity index (χ0) is 12.1. The Labute approximate surface area is 103 Å². The van der Waals surface area contributed by atoms with E-state index < -0.39 is 5.97 Å². The molecular weight excluding hydrogens is 218 g/mol. The summed E-state index contributed by atoms with van der Waals surface area (Å²) in [5, 5.41) is 12.7. The predicted octanol–water partition coefficient (Wildman–Crippen LogP) is 1.65. The minimum Gasteiger partial charge on any atom is -0.481 e. The first-order valence-corrected chi connectivity index (χ1v) is 6.81. The lowest BCUT2D eigenvalue weighted by atomic mass is 9.79. The van der Waals surface area contributed by atoms with Gasteiger partial charge in [-0.2, -0.15) is 0 Å². The van der Waals surface area contributed by atoms with Crippen molar-refractivity contribution in [2.75, 3.05) is 19.8 Å². The molecule has 2 rings (SSSR count). The van der Waals surface area contributed by atoms with Crippen molar-refractivity contribution in [3.63, 3.8) is 0 Å². The molecule has 1 saturated heterocycles. The van der Waals surface area contributed by atoms with Crippen molar-refractivity contribution in [2.45, 2.75) is 44.6 Å². The quantitative estimate of drug-likeness (QED) is 0.785. The van der Waals surface area contributed by atoms with E-state index in [9.17, 15) is 9.90 Å². The lowest BCUT2D eigenvalue weighted by molar-refractivity contribution is -0.144. The highest BCUT2D eigenvalue weighted by Crippen LogP contribution is 2.30. The molecule has 0 aromatic heterocycles. The fourth-order valence-corrected chi connectivity index (χ4v) is 3.00. The molecule has 2 fully saturated rings. The molecule has 0 radical (unpaired) electrons. The van der Waals surface area contributed by atoms with Crippen LogP contribution in [0.15, 0.2) is 0 Å². The highest BCUT2D eigenvalue weighted by atomic mass is 16.5. The summed E-state index contributed by atoms with van der Waals surface area (Å²) in [6.07, 6.45) is 6.30.